The first-order chi connectivity index (χ1) is 10.3. The van der Waals surface area contributed by atoms with Crippen molar-refractivity contribution in [3.8, 4) is 11.5 Å². The van der Waals surface area contributed by atoms with Gasteiger partial charge in [0.1, 0.15) is 10.9 Å². The maximum atomic E-state index is 12.0. The van der Waals surface area contributed by atoms with Gasteiger partial charge >= 0.3 is 0 Å². The number of carbonyl (C=O) groups is 2. The van der Waals surface area contributed by atoms with E-state index in [0.717, 1.165) is 0 Å². The van der Waals surface area contributed by atoms with E-state index in [2.05, 4.69) is 10.9 Å². The van der Waals surface area contributed by atoms with E-state index in [0.29, 0.717) is 17.9 Å². The molecule has 0 saturated heterocycles. The Balaban J connectivity index is 1.55. The molecule has 1 heterocycles. The summed E-state index contributed by atoms with van der Waals surface area (Å²) in [5, 5.41) is 0. The van der Waals surface area contributed by atoms with E-state index in [9.17, 15) is 9.59 Å². The first kappa shape index (κ1) is 15.2. The molecule has 1 aromatic carbocycles. The van der Waals surface area contributed by atoms with Crippen molar-refractivity contribution in [1.29, 1.82) is 0 Å². The Morgan fingerprint density at radius 2 is 1.86 bits per heavy atom. The normalized spacial score (nSPS) is 27.7. The molecule has 0 bridgehead atoms. The Labute approximate surface area is 137 Å². The number of hydrogen-bond donors (Lipinski definition) is 2. The van der Waals surface area contributed by atoms with Crippen molar-refractivity contribution in [1.82, 2.24) is 10.9 Å². The first-order valence-electron chi connectivity index (χ1n) is 6.70. The lowest BCUT2D eigenvalue weighted by molar-refractivity contribution is -0.136. The monoisotopic (exact) mass is 344 g/mol. The molecule has 1 fully saturated rings. The lowest BCUT2D eigenvalue weighted by Gasteiger charge is -2.25. The van der Waals surface area contributed by atoms with Crippen molar-refractivity contribution in [3.05, 3.63) is 24.3 Å². The minimum Gasteiger partial charge on any atom is -0.485 e. The minimum absolute atomic E-state index is 0.0605. The van der Waals surface area contributed by atoms with Crippen LogP contribution in [0.3, 0.4) is 0 Å². The van der Waals surface area contributed by atoms with Gasteiger partial charge in [0.2, 0.25) is 12.0 Å². The fourth-order valence-electron chi connectivity index (χ4n) is 2.13. The van der Waals surface area contributed by atoms with Crippen LogP contribution in [0.1, 0.15) is 13.3 Å². The summed E-state index contributed by atoms with van der Waals surface area (Å²) in [6, 6.07) is 7.04. The van der Waals surface area contributed by atoms with Gasteiger partial charge in [-0.2, -0.15) is 0 Å². The van der Waals surface area contributed by atoms with E-state index >= 15 is 0 Å². The van der Waals surface area contributed by atoms with E-state index in [4.69, 9.17) is 32.7 Å². The van der Waals surface area contributed by atoms with E-state index in [1.807, 2.05) is 6.07 Å². The van der Waals surface area contributed by atoms with Crippen LogP contribution in [-0.2, 0) is 9.59 Å². The Bertz CT molecular complexity index is 637. The minimum atomic E-state index is -1.09. The number of hydrazine groups is 1. The van der Waals surface area contributed by atoms with Gasteiger partial charge in [0.15, 0.2) is 11.5 Å². The maximum absolute atomic E-state index is 12.0. The third-order valence-corrected chi connectivity index (χ3v) is 4.96. The number of para-hydroxylation sites is 2. The molecule has 2 N–H and O–H groups in total. The molecule has 8 heteroatoms. The zero-order valence-electron chi connectivity index (χ0n) is 11.7. The maximum Gasteiger partial charge on any atom is 0.283 e. The van der Waals surface area contributed by atoms with Crippen molar-refractivity contribution in [2.24, 2.45) is 5.41 Å². The van der Waals surface area contributed by atoms with Gasteiger partial charge in [0.05, 0.1) is 5.41 Å². The summed E-state index contributed by atoms with van der Waals surface area (Å²) in [6.07, 6.45) is -0.514. The largest absolute Gasteiger partial charge is 0.485 e. The summed E-state index contributed by atoms with van der Waals surface area (Å²) in [6.45, 7) is 1.69. The summed E-state index contributed by atoms with van der Waals surface area (Å²) in [4.78, 5) is 24.0. The van der Waals surface area contributed by atoms with E-state index in [1.165, 1.54) is 0 Å². The standard InChI is InChI=1S/C14H14Cl2N2O4/c1-13(7-14(13,15)16)12(20)18-17-11(19)10-6-21-8-4-2-3-5-9(8)22-10/h2-5,10H,6-7H2,1H3,(H,17,19)(H,18,20)/t10-,13-/m0/s1. The Hall–Kier alpha value is -1.66. The van der Waals surface area contributed by atoms with Crippen molar-refractivity contribution >= 4 is 35.0 Å². The van der Waals surface area contributed by atoms with Crippen LogP contribution in [0.5, 0.6) is 11.5 Å². The second-order valence-electron chi connectivity index (χ2n) is 5.52. The smallest absolute Gasteiger partial charge is 0.283 e. The topological polar surface area (TPSA) is 76.7 Å². The molecule has 1 saturated carbocycles. The number of carbonyl (C=O) groups excluding carboxylic acids is 2. The molecule has 22 heavy (non-hydrogen) atoms. The summed E-state index contributed by atoms with van der Waals surface area (Å²) >= 11 is 11.8. The number of ether oxygens (including phenoxy) is 2. The van der Waals surface area contributed by atoms with Crippen LogP contribution in [0.2, 0.25) is 0 Å². The highest BCUT2D eigenvalue weighted by Gasteiger charge is 2.68. The second-order valence-corrected chi connectivity index (χ2v) is 7.00. The average molecular weight is 345 g/mol. The molecule has 0 unspecified atom stereocenters. The number of fused-ring (bicyclic) bond motifs is 1. The molecule has 2 aliphatic rings. The highest BCUT2D eigenvalue weighted by atomic mass is 35.5. The van der Waals surface area contributed by atoms with Crippen LogP contribution in [0.4, 0.5) is 0 Å². The molecule has 2 atom stereocenters. The molecule has 0 radical (unpaired) electrons. The van der Waals surface area contributed by atoms with Gasteiger partial charge in [-0.05, 0) is 25.5 Å². The summed E-state index contributed by atoms with van der Waals surface area (Å²) < 4.78 is 9.87. The molecular weight excluding hydrogens is 331 g/mol. The third kappa shape index (κ3) is 2.57. The van der Waals surface area contributed by atoms with Gasteiger partial charge < -0.3 is 9.47 Å². The zero-order valence-corrected chi connectivity index (χ0v) is 13.2. The van der Waals surface area contributed by atoms with Crippen LogP contribution in [0, 0.1) is 5.41 Å². The highest BCUT2D eigenvalue weighted by Crippen LogP contribution is 2.63. The summed E-state index contributed by atoms with van der Waals surface area (Å²) in [5.74, 6) is 0.106. The zero-order chi connectivity index (χ0) is 16.0. The van der Waals surface area contributed by atoms with Crippen LogP contribution in [0.15, 0.2) is 24.3 Å². The van der Waals surface area contributed by atoms with Crippen LogP contribution in [-0.4, -0.2) is 28.9 Å². The predicted molar refractivity (Wildman–Crippen MR) is 79.8 cm³/mol. The predicted octanol–water partition coefficient (Wildman–Crippen LogP) is 1.56. The SMILES string of the molecule is C[C@@]1(C(=O)NNC(=O)[C@@H]2COc3ccccc3O2)CC1(Cl)Cl. The number of alkyl halides is 2. The molecule has 0 aromatic heterocycles. The Morgan fingerprint density at radius 3 is 2.50 bits per heavy atom. The van der Waals surface area contributed by atoms with Crippen molar-refractivity contribution < 1.29 is 19.1 Å². The lowest BCUT2D eigenvalue weighted by atomic mass is 10.1. The number of halogens is 2. The van der Waals surface area contributed by atoms with Gasteiger partial charge in [-0.1, -0.05) is 12.1 Å². The van der Waals surface area contributed by atoms with E-state index in [1.54, 1.807) is 25.1 Å². The molecule has 1 aliphatic heterocycles. The van der Waals surface area contributed by atoms with Gasteiger partial charge in [-0.25, -0.2) is 0 Å². The van der Waals surface area contributed by atoms with Gasteiger partial charge in [-0.15, -0.1) is 23.2 Å². The number of amides is 2. The lowest BCUT2D eigenvalue weighted by Crippen LogP contribution is -2.52. The number of rotatable bonds is 2. The molecule has 1 aromatic rings. The molecular formula is C14H14Cl2N2O4. The fourth-order valence-corrected chi connectivity index (χ4v) is 2.84. The highest BCUT2D eigenvalue weighted by molar-refractivity contribution is 6.53. The molecule has 118 valence electrons. The fraction of sp³-hybridized carbons (Fsp3) is 0.429. The molecule has 0 spiro atoms. The summed E-state index contributed by atoms with van der Waals surface area (Å²) in [5.41, 5.74) is 3.72. The van der Waals surface area contributed by atoms with Gasteiger partial charge in [0, 0.05) is 0 Å². The first-order valence-corrected chi connectivity index (χ1v) is 7.46. The molecule has 2 amide bonds. The molecule has 6 nitrogen and oxygen atoms in total. The average Bonchev–Trinajstić information content (AvgIpc) is 3.03. The number of benzene rings is 1. The van der Waals surface area contributed by atoms with Gasteiger partial charge in [0.25, 0.3) is 5.91 Å². The third-order valence-electron chi connectivity index (χ3n) is 3.86. The van der Waals surface area contributed by atoms with Crippen LogP contribution < -0.4 is 20.3 Å². The second kappa shape index (κ2) is 5.21. The van der Waals surface area contributed by atoms with Crippen LogP contribution >= 0.6 is 23.2 Å². The Kier molecular flexibility index (Phi) is 3.61. The van der Waals surface area contributed by atoms with Crippen LogP contribution in [0.25, 0.3) is 0 Å². The van der Waals surface area contributed by atoms with Gasteiger partial charge in [-0.3, -0.25) is 20.4 Å². The van der Waals surface area contributed by atoms with Crippen molar-refractivity contribution in [2.45, 2.75) is 23.8 Å². The summed E-state index contributed by atoms with van der Waals surface area (Å²) in [7, 11) is 0. The van der Waals surface area contributed by atoms with Crippen molar-refractivity contribution in [3.63, 3.8) is 0 Å². The Morgan fingerprint density at radius 1 is 1.23 bits per heavy atom. The molecule has 1 aliphatic carbocycles. The van der Waals surface area contributed by atoms with E-state index in [-0.39, 0.29) is 6.61 Å². The number of hydrogen-bond acceptors (Lipinski definition) is 4. The quantitative estimate of drug-likeness (QED) is 0.630. The van der Waals surface area contributed by atoms with Crippen molar-refractivity contribution in [2.75, 3.05) is 6.61 Å². The molecule has 3 rings (SSSR count). The number of nitrogens with one attached hydrogen (secondary N) is 2. The van der Waals surface area contributed by atoms with E-state index < -0.39 is 27.7 Å².